The Morgan fingerprint density at radius 2 is 2.13 bits per heavy atom. The number of carbonyl (C=O) groups excluding carboxylic acids is 1. The first kappa shape index (κ1) is 20.0. The van der Waals surface area contributed by atoms with Gasteiger partial charge in [0, 0.05) is 18.3 Å². The minimum absolute atomic E-state index is 0.127. The number of anilines is 1. The lowest BCUT2D eigenvalue weighted by molar-refractivity contribution is 0.250. The van der Waals surface area contributed by atoms with E-state index in [4.69, 9.17) is 13.9 Å². The van der Waals surface area contributed by atoms with Gasteiger partial charge in [-0.3, -0.25) is 5.10 Å². The predicted molar refractivity (Wildman–Crippen MR) is 114 cm³/mol. The molecule has 0 aliphatic carbocycles. The molecule has 0 saturated heterocycles. The summed E-state index contributed by atoms with van der Waals surface area (Å²) in [6.07, 6.45) is 6.51. The predicted octanol–water partition coefficient (Wildman–Crippen LogP) is 3.97. The van der Waals surface area contributed by atoms with Crippen LogP contribution in [0.5, 0.6) is 11.5 Å². The van der Waals surface area contributed by atoms with Crippen LogP contribution in [0.3, 0.4) is 0 Å². The number of hydrogen-bond donors (Lipinski definition) is 3. The summed E-state index contributed by atoms with van der Waals surface area (Å²) < 4.78 is 16.3. The first-order valence-corrected chi connectivity index (χ1v) is 9.53. The van der Waals surface area contributed by atoms with Crippen LogP contribution in [0, 0.1) is 0 Å². The summed E-state index contributed by atoms with van der Waals surface area (Å²) in [4.78, 5) is 16.5. The highest BCUT2D eigenvalue weighted by Gasteiger charge is 2.12. The standard InChI is InChI=1S/C22H21N5O4/c1-29-18-4-2-3-15(9-18)11-24-22(28)27-19-6-5-16(17-12-25-26-13-17)10-20(19)31-14-21-23-7-8-30-21/h2-10,12-13H,11,14H2,1H3,(H,25,26)(H2,24,27,28). The van der Waals surface area contributed by atoms with E-state index in [2.05, 4.69) is 25.8 Å². The van der Waals surface area contributed by atoms with Gasteiger partial charge in [-0.15, -0.1) is 0 Å². The highest BCUT2D eigenvalue weighted by Crippen LogP contribution is 2.31. The van der Waals surface area contributed by atoms with E-state index in [9.17, 15) is 4.79 Å². The Balaban J connectivity index is 1.46. The van der Waals surface area contributed by atoms with Crippen molar-refractivity contribution in [3.8, 4) is 22.6 Å². The van der Waals surface area contributed by atoms with Gasteiger partial charge in [0.05, 0.1) is 25.2 Å². The van der Waals surface area contributed by atoms with Gasteiger partial charge in [-0.25, -0.2) is 9.78 Å². The lowest BCUT2D eigenvalue weighted by atomic mass is 10.1. The number of hydrogen-bond acceptors (Lipinski definition) is 6. The van der Waals surface area contributed by atoms with E-state index in [0.29, 0.717) is 23.9 Å². The number of aromatic nitrogens is 3. The van der Waals surface area contributed by atoms with Gasteiger partial charge in [0.25, 0.3) is 0 Å². The van der Waals surface area contributed by atoms with E-state index in [1.54, 1.807) is 31.8 Å². The Hall–Kier alpha value is -4.27. The van der Waals surface area contributed by atoms with Gasteiger partial charge in [-0.1, -0.05) is 18.2 Å². The monoisotopic (exact) mass is 419 g/mol. The molecule has 31 heavy (non-hydrogen) atoms. The summed E-state index contributed by atoms with van der Waals surface area (Å²) in [5, 5.41) is 12.4. The minimum Gasteiger partial charge on any atom is -0.497 e. The molecule has 2 amide bonds. The smallest absolute Gasteiger partial charge is 0.319 e. The SMILES string of the molecule is COc1cccc(CNC(=O)Nc2ccc(-c3cn[nH]c3)cc2OCc2ncco2)c1. The van der Waals surface area contributed by atoms with Crippen LogP contribution in [-0.4, -0.2) is 28.3 Å². The maximum absolute atomic E-state index is 12.5. The molecule has 2 aromatic heterocycles. The van der Waals surface area contributed by atoms with Crippen LogP contribution in [0.2, 0.25) is 0 Å². The highest BCUT2D eigenvalue weighted by atomic mass is 16.5. The molecule has 9 nitrogen and oxygen atoms in total. The maximum atomic E-state index is 12.5. The van der Waals surface area contributed by atoms with Crippen molar-refractivity contribution in [1.82, 2.24) is 20.5 Å². The molecule has 0 aliphatic heterocycles. The Morgan fingerprint density at radius 1 is 1.19 bits per heavy atom. The van der Waals surface area contributed by atoms with Gasteiger partial charge in [0.2, 0.25) is 5.89 Å². The second-order valence-electron chi connectivity index (χ2n) is 6.57. The Bertz CT molecular complexity index is 1130. The van der Waals surface area contributed by atoms with Crippen LogP contribution < -0.4 is 20.1 Å². The molecule has 0 bridgehead atoms. The van der Waals surface area contributed by atoms with Crippen LogP contribution in [0.1, 0.15) is 11.5 Å². The number of ether oxygens (including phenoxy) is 2. The summed E-state index contributed by atoms with van der Waals surface area (Å²) in [6.45, 7) is 0.477. The quantitative estimate of drug-likeness (QED) is 0.398. The summed E-state index contributed by atoms with van der Waals surface area (Å²) >= 11 is 0. The van der Waals surface area contributed by atoms with Crippen molar-refractivity contribution in [2.45, 2.75) is 13.2 Å². The third-order valence-corrected chi connectivity index (χ3v) is 4.48. The first-order valence-electron chi connectivity index (χ1n) is 9.53. The van der Waals surface area contributed by atoms with E-state index in [0.717, 1.165) is 22.4 Å². The normalized spacial score (nSPS) is 10.5. The molecular formula is C22H21N5O4. The number of amides is 2. The van der Waals surface area contributed by atoms with Gasteiger partial charge in [-0.05, 0) is 35.4 Å². The third-order valence-electron chi connectivity index (χ3n) is 4.48. The summed E-state index contributed by atoms with van der Waals surface area (Å²) in [5.74, 6) is 1.65. The molecule has 0 aliphatic rings. The summed E-state index contributed by atoms with van der Waals surface area (Å²) in [6, 6.07) is 12.6. The molecule has 9 heteroatoms. The second kappa shape index (κ2) is 9.49. The number of carbonyl (C=O) groups is 1. The maximum Gasteiger partial charge on any atom is 0.319 e. The van der Waals surface area contributed by atoms with Crippen molar-refractivity contribution in [1.29, 1.82) is 0 Å². The molecule has 0 radical (unpaired) electrons. The van der Waals surface area contributed by atoms with Crippen LogP contribution in [0.25, 0.3) is 11.1 Å². The van der Waals surface area contributed by atoms with E-state index in [1.807, 2.05) is 36.4 Å². The van der Waals surface area contributed by atoms with E-state index < -0.39 is 0 Å². The Labute approximate surface area is 178 Å². The number of rotatable bonds is 8. The number of aromatic amines is 1. The summed E-state index contributed by atoms with van der Waals surface area (Å²) in [7, 11) is 1.60. The number of urea groups is 1. The molecule has 0 atom stereocenters. The van der Waals surface area contributed by atoms with E-state index >= 15 is 0 Å². The third kappa shape index (κ3) is 5.21. The van der Waals surface area contributed by atoms with Crippen molar-refractivity contribution in [2.24, 2.45) is 0 Å². The molecule has 0 spiro atoms. The number of nitrogens with zero attached hydrogens (tertiary/aromatic N) is 2. The van der Waals surface area contributed by atoms with Crippen LogP contribution >= 0.6 is 0 Å². The van der Waals surface area contributed by atoms with Crippen LogP contribution in [0.4, 0.5) is 10.5 Å². The lowest BCUT2D eigenvalue weighted by Gasteiger charge is -2.14. The number of nitrogens with one attached hydrogen (secondary N) is 3. The molecule has 2 heterocycles. The Morgan fingerprint density at radius 3 is 2.90 bits per heavy atom. The molecule has 158 valence electrons. The van der Waals surface area contributed by atoms with Crippen LogP contribution in [0.15, 0.2) is 71.7 Å². The van der Waals surface area contributed by atoms with Gasteiger partial charge in [0.15, 0.2) is 6.61 Å². The van der Waals surface area contributed by atoms with Crippen molar-refractivity contribution >= 4 is 11.7 Å². The highest BCUT2D eigenvalue weighted by molar-refractivity contribution is 5.91. The zero-order valence-corrected chi connectivity index (χ0v) is 16.8. The summed E-state index contributed by atoms with van der Waals surface area (Å²) in [5.41, 5.74) is 3.22. The fourth-order valence-electron chi connectivity index (χ4n) is 2.93. The van der Waals surface area contributed by atoms with Gasteiger partial charge < -0.3 is 24.5 Å². The van der Waals surface area contributed by atoms with Gasteiger partial charge in [0.1, 0.15) is 17.8 Å². The van der Waals surface area contributed by atoms with E-state index in [-0.39, 0.29) is 12.6 Å². The van der Waals surface area contributed by atoms with E-state index in [1.165, 1.54) is 6.26 Å². The fraction of sp³-hybridized carbons (Fsp3) is 0.136. The molecule has 2 aromatic carbocycles. The fourth-order valence-corrected chi connectivity index (χ4v) is 2.93. The molecule has 4 rings (SSSR count). The average molecular weight is 419 g/mol. The molecular weight excluding hydrogens is 398 g/mol. The molecule has 3 N–H and O–H groups in total. The topological polar surface area (TPSA) is 114 Å². The van der Waals surface area contributed by atoms with Crippen molar-refractivity contribution in [3.63, 3.8) is 0 Å². The number of methoxy groups -OCH3 is 1. The van der Waals surface area contributed by atoms with Gasteiger partial charge in [-0.2, -0.15) is 5.10 Å². The molecule has 4 aromatic rings. The lowest BCUT2D eigenvalue weighted by Crippen LogP contribution is -2.28. The zero-order valence-electron chi connectivity index (χ0n) is 16.8. The zero-order chi connectivity index (χ0) is 21.5. The molecule has 0 saturated carbocycles. The largest absolute Gasteiger partial charge is 0.497 e. The number of H-pyrrole nitrogens is 1. The minimum atomic E-state index is -0.361. The molecule has 0 unspecified atom stereocenters. The van der Waals surface area contributed by atoms with Crippen molar-refractivity contribution < 1.29 is 18.7 Å². The second-order valence-corrected chi connectivity index (χ2v) is 6.57. The van der Waals surface area contributed by atoms with Gasteiger partial charge >= 0.3 is 6.03 Å². The van der Waals surface area contributed by atoms with Crippen LogP contribution in [-0.2, 0) is 13.2 Å². The number of oxazole rings is 1. The average Bonchev–Trinajstić information content (AvgIpc) is 3.51. The first-order chi connectivity index (χ1) is 15.2. The van der Waals surface area contributed by atoms with Crippen molar-refractivity contribution in [2.75, 3.05) is 12.4 Å². The van der Waals surface area contributed by atoms with Crippen molar-refractivity contribution in [3.05, 3.63) is 78.8 Å². The Kier molecular flexibility index (Phi) is 6.13. The number of benzene rings is 2. The molecule has 0 fully saturated rings.